The number of carboxylic acid groups (broad SMARTS) is 1. The highest BCUT2D eigenvalue weighted by Gasteiger charge is 2.20. The molecule has 0 atom stereocenters. The fourth-order valence-corrected chi connectivity index (χ4v) is 1.57. The molecule has 0 unspecified atom stereocenters. The quantitative estimate of drug-likeness (QED) is 0.655. The maximum Gasteiger partial charge on any atom is 0.331 e. The molecule has 0 fully saturated rings. The number of nitrogens with one attached hydrogen (secondary N) is 1. The van der Waals surface area contributed by atoms with E-state index in [1.807, 2.05) is 13.8 Å². The van der Waals surface area contributed by atoms with Crippen LogP contribution in [0.3, 0.4) is 0 Å². The van der Waals surface area contributed by atoms with E-state index in [9.17, 15) is 14.4 Å². The molecule has 0 radical (unpaired) electrons. The number of hydrogen-bond acceptors (Lipinski definition) is 3. The van der Waals surface area contributed by atoms with E-state index in [4.69, 9.17) is 5.11 Å². The predicted octanol–water partition coefficient (Wildman–Crippen LogP) is 1.17. The van der Waals surface area contributed by atoms with Gasteiger partial charge >= 0.3 is 5.97 Å². The third kappa shape index (κ3) is 5.86. The van der Waals surface area contributed by atoms with Gasteiger partial charge in [-0.2, -0.15) is 0 Å². The van der Waals surface area contributed by atoms with Crippen LogP contribution in [0.25, 0.3) is 0 Å². The first kappa shape index (κ1) is 18.1. The molecule has 2 N–H and O–H groups in total. The van der Waals surface area contributed by atoms with Crippen molar-refractivity contribution >= 4 is 17.8 Å². The molecule has 0 heterocycles. The number of rotatable bonds is 8. The highest BCUT2D eigenvalue weighted by atomic mass is 16.4. The molecular weight excluding hydrogens is 260 g/mol. The molecule has 0 aromatic carbocycles. The molecule has 0 aliphatic heterocycles. The Balaban J connectivity index is 4.91. The molecule has 0 saturated carbocycles. The first-order valence-electron chi connectivity index (χ1n) is 6.81. The summed E-state index contributed by atoms with van der Waals surface area (Å²) in [6, 6.07) is 0. The molecule has 0 aliphatic rings. The summed E-state index contributed by atoms with van der Waals surface area (Å²) in [5.74, 6) is -1.75. The van der Waals surface area contributed by atoms with Crippen molar-refractivity contribution in [2.45, 2.75) is 40.5 Å². The van der Waals surface area contributed by atoms with Crippen molar-refractivity contribution in [1.82, 2.24) is 10.2 Å². The molecule has 0 spiro atoms. The van der Waals surface area contributed by atoms with Crippen LogP contribution in [0.4, 0.5) is 0 Å². The number of hydrogen-bond donors (Lipinski definition) is 2. The minimum absolute atomic E-state index is 0.00469. The van der Waals surface area contributed by atoms with E-state index in [-0.39, 0.29) is 23.6 Å². The van der Waals surface area contributed by atoms with Gasteiger partial charge in [-0.1, -0.05) is 13.8 Å². The lowest BCUT2D eigenvalue weighted by Gasteiger charge is -2.22. The van der Waals surface area contributed by atoms with Crippen molar-refractivity contribution in [1.29, 1.82) is 0 Å². The van der Waals surface area contributed by atoms with Gasteiger partial charge in [-0.15, -0.1) is 0 Å². The highest BCUT2D eigenvalue weighted by Crippen LogP contribution is 2.08. The summed E-state index contributed by atoms with van der Waals surface area (Å²) in [7, 11) is 0. The van der Waals surface area contributed by atoms with Crippen LogP contribution < -0.4 is 5.32 Å². The van der Waals surface area contributed by atoms with Gasteiger partial charge in [-0.05, 0) is 26.7 Å². The van der Waals surface area contributed by atoms with E-state index >= 15 is 0 Å². The molecule has 0 aliphatic carbocycles. The maximum atomic E-state index is 12.2. The Kier molecular flexibility index (Phi) is 8.27. The Morgan fingerprint density at radius 2 is 1.65 bits per heavy atom. The molecular formula is C14H24N2O4. The van der Waals surface area contributed by atoms with E-state index in [1.54, 1.807) is 0 Å². The van der Waals surface area contributed by atoms with Gasteiger partial charge in [0.25, 0.3) is 0 Å². The van der Waals surface area contributed by atoms with Crippen LogP contribution in [0.5, 0.6) is 0 Å². The summed E-state index contributed by atoms with van der Waals surface area (Å²) < 4.78 is 0. The van der Waals surface area contributed by atoms with Gasteiger partial charge < -0.3 is 15.3 Å². The maximum absolute atomic E-state index is 12.2. The summed E-state index contributed by atoms with van der Waals surface area (Å²) >= 11 is 0. The topological polar surface area (TPSA) is 86.7 Å². The van der Waals surface area contributed by atoms with Gasteiger partial charge in [-0.25, -0.2) is 4.79 Å². The van der Waals surface area contributed by atoms with Crippen LogP contribution in [0.15, 0.2) is 11.1 Å². The molecule has 0 saturated heterocycles. The van der Waals surface area contributed by atoms with Crippen LogP contribution in [-0.2, 0) is 14.4 Å². The Bertz CT molecular complexity index is 402. The van der Waals surface area contributed by atoms with E-state index in [0.717, 1.165) is 6.42 Å². The molecule has 0 bridgehead atoms. The molecule has 20 heavy (non-hydrogen) atoms. The molecule has 0 rings (SSSR count). The molecule has 0 aromatic rings. The third-order valence-electron chi connectivity index (χ3n) is 2.89. The van der Waals surface area contributed by atoms with Gasteiger partial charge in [-0.3, -0.25) is 9.59 Å². The number of carbonyl (C=O) groups is 3. The van der Waals surface area contributed by atoms with Crippen LogP contribution >= 0.6 is 0 Å². The number of amides is 2. The standard InChI is InChI=1S/C14H24N2O4/c1-5-7-15-12(17)9-16(8-6-2)13(18)10(3)11(4)14(19)20/h5-9H2,1-4H3,(H,15,17)(H,19,20). The smallest absolute Gasteiger partial charge is 0.331 e. The van der Waals surface area contributed by atoms with Crippen molar-refractivity contribution in [3.8, 4) is 0 Å². The zero-order chi connectivity index (χ0) is 15.7. The summed E-state index contributed by atoms with van der Waals surface area (Å²) in [6.45, 7) is 7.64. The van der Waals surface area contributed by atoms with E-state index in [1.165, 1.54) is 18.7 Å². The lowest BCUT2D eigenvalue weighted by Crippen LogP contribution is -2.42. The van der Waals surface area contributed by atoms with Gasteiger partial charge in [0.15, 0.2) is 0 Å². The lowest BCUT2D eigenvalue weighted by molar-refractivity contribution is -0.134. The number of nitrogens with zero attached hydrogens (tertiary/aromatic N) is 1. The molecule has 114 valence electrons. The fraction of sp³-hybridized carbons (Fsp3) is 0.643. The van der Waals surface area contributed by atoms with Gasteiger partial charge in [0.05, 0.1) is 6.54 Å². The second kappa shape index (κ2) is 9.12. The van der Waals surface area contributed by atoms with Crippen molar-refractivity contribution in [3.63, 3.8) is 0 Å². The van der Waals surface area contributed by atoms with Crippen LogP contribution in [0.1, 0.15) is 40.5 Å². The monoisotopic (exact) mass is 284 g/mol. The van der Waals surface area contributed by atoms with Crippen molar-refractivity contribution in [2.24, 2.45) is 0 Å². The first-order chi connectivity index (χ1) is 9.34. The molecule has 6 heteroatoms. The van der Waals surface area contributed by atoms with Gasteiger partial charge in [0, 0.05) is 24.2 Å². The van der Waals surface area contributed by atoms with Crippen LogP contribution in [0.2, 0.25) is 0 Å². The average molecular weight is 284 g/mol. The minimum Gasteiger partial charge on any atom is -0.478 e. The number of carbonyl (C=O) groups excluding carboxylic acids is 2. The Hall–Kier alpha value is -1.85. The third-order valence-corrected chi connectivity index (χ3v) is 2.89. The Labute approximate surface area is 119 Å². The second-order valence-corrected chi connectivity index (χ2v) is 4.63. The minimum atomic E-state index is -1.12. The summed E-state index contributed by atoms with van der Waals surface area (Å²) in [5, 5.41) is 11.6. The van der Waals surface area contributed by atoms with Gasteiger partial charge in [0.1, 0.15) is 0 Å². The van der Waals surface area contributed by atoms with Crippen LogP contribution in [-0.4, -0.2) is 47.4 Å². The number of aliphatic carboxylic acids is 1. The normalized spacial score (nSPS) is 11.6. The van der Waals surface area contributed by atoms with Crippen molar-refractivity contribution in [2.75, 3.05) is 19.6 Å². The first-order valence-corrected chi connectivity index (χ1v) is 6.81. The van der Waals surface area contributed by atoms with E-state index in [2.05, 4.69) is 5.32 Å². The average Bonchev–Trinajstić information content (AvgIpc) is 2.41. The van der Waals surface area contributed by atoms with Crippen LogP contribution in [0, 0.1) is 0 Å². The second-order valence-electron chi connectivity index (χ2n) is 4.63. The predicted molar refractivity (Wildman–Crippen MR) is 76.2 cm³/mol. The van der Waals surface area contributed by atoms with E-state index in [0.29, 0.717) is 19.5 Å². The molecule has 2 amide bonds. The molecule has 6 nitrogen and oxygen atoms in total. The zero-order valence-electron chi connectivity index (χ0n) is 12.7. The van der Waals surface area contributed by atoms with Crippen molar-refractivity contribution < 1.29 is 19.5 Å². The SMILES string of the molecule is CCCNC(=O)CN(CCC)C(=O)C(C)=C(C)C(=O)O. The Morgan fingerprint density at radius 3 is 2.10 bits per heavy atom. The summed E-state index contributed by atoms with van der Waals surface area (Å²) in [5.41, 5.74) is 0.166. The fourth-order valence-electron chi connectivity index (χ4n) is 1.57. The van der Waals surface area contributed by atoms with E-state index < -0.39 is 11.9 Å². The zero-order valence-corrected chi connectivity index (χ0v) is 12.7. The highest BCUT2D eigenvalue weighted by molar-refractivity contribution is 6.02. The van der Waals surface area contributed by atoms with Crippen molar-refractivity contribution in [3.05, 3.63) is 11.1 Å². The molecule has 0 aromatic heterocycles. The lowest BCUT2D eigenvalue weighted by atomic mass is 10.1. The largest absolute Gasteiger partial charge is 0.478 e. The number of carboxylic acids is 1. The Morgan fingerprint density at radius 1 is 1.05 bits per heavy atom. The summed E-state index contributed by atoms with van der Waals surface area (Å²) in [6.07, 6.45) is 1.52. The van der Waals surface area contributed by atoms with Gasteiger partial charge in [0.2, 0.25) is 11.8 Å². The summed E-state index contributed by atoms with van der Waals surface area (Å²) in [4.78, 5) is 36.2.